The van der Waals surface area contributed by atoms with Gasteiger partial charge in [0, 0.05) is 30.7 Å². The number of pyridine rings is 1. The predicted octanol–water partition coefficient (Wildman–Crippen LogP) is 2.79. The summed E-state index contributed by atoms with van der Waals surface area (Å²) in [5, 5.41) is 6.31. The minimum absolute atomic E-state index is 0.146. The van der Waals surface area contributed by atoms with Crippen LogP contribution < -0.4 is 10.6 Å². The molecule has 0 saturated carbocycles. The summed E-state index contributed by atoms with van der Waals surface area (Å²) in [4.78, 5) is 45.8. The van der Waals surface area contributed by atoms with Crippen LogP contribution in [-0.4, -0.2) is 52.3 Å². The van der Waals surface area contributed by atoms with Gasteiger partial charge in [-0.05, 0) is 29.8 Å². The lowest BCUT2D eigenvalue weighted by atomic mass is 9.95. The van der Waals surface area contributed by atoms with Crippen molar-refractivity contribution in [3.05, 3.63) is 88.9 Å². The first-order valence-corrected chi connectivity index (χ1v) is 11.0. The first-order valence-electron chi connectivity index (χ1n) is 10.6. The Morgan fingerprint density at radius 2 is 2.03 bits per heavy atom. The van der Waals surface area contributed by atoms with Gasteiger partial charge in [0.25, 0.3) is 5.91 Å². The normalized spacial score (nSPS) is 17.7. The average Bonchev–Trinajstić information content (AvgIpc) is 3.15. The number of nitrogens with one attached hydrogen (secondary N) is 2. The lowest BCUT2D eigenvalue weighted by Crippen LogP contribution is -2.47. The molecule has 0 saturated heterocycles. The summed E-state index contributed by atoms with van der Waals surface area (Å²) in [5.74, 6) is -0.374. The predicted molar refractivity (Wildman–Crippen MR) is 124 cm³/mol. The van der Waals surface area contributed by atoms with Crippen LogP contribution in [0.1, 0.15) is 23.7 Å². The van der Waals surface area contributed by atoms with Gasteiger partial charge in [0.05, 0.1) is 36.1 Å². The van der Waals surface area contributed by atoms with Crippen LogP contribution >= 0.6 is 11.6 Å². The third kappa shape index (κ3) is 4.90. The van der Waals surface area contributed by atoms with Gasteiger partial charge < -0.3 is 15.5 Å². The van der Waals surface area contributed by atoms with E-state index in [1.807, 2.05) is 18.2 Å². The van der Waals surface area contributed by atoms with E-state index >= 15 is 0 Å². The summed E-state index contributed by atoms with van der Waals surface area (Å²) in [7, 11) is 0. The van der Waals surface area contributed by atoms with E-state index in [4.69, 9.17) is 11.6 Å². The van der Waals surface area contributed by atoms with Crippen LogP contribution in [0.15, 0.2) is 72.6 Å². The van der Waals surface area contributed by atoms with Crippen LogP contribution in [0.4, 0.5) is 4.79 Å². The number of hydrogen-bond acceptors (Lipinski definition) is 4. The van der Waals surface area contributed by atoms with Gasteiger partial charge in [-0.15, -0.1) is 6.58 Å². The summed E-state index contributed by atoms with van der Waals surface area (Å²) in [6.07, 6.45) is 3.43. The van der Waals surface area contributed by atoms with Crippen molar-refractivity contribution in [3.8, 4) is 0 Å². The Morgan fingerprint density at radius 1 is 1.24 bits per heavy atom. The quantitative estimate of drug-likeness (QED) is 0.586. The topological polar surface area (TPSA) is 94.6 Å². The average molecular weight is 466 g/mol. The molecular weight excluding hydrogens is 442 g/mol. The van der Waals surface area contributed by atoms with Gasteiger partial charge in [-0.25, -0.2) is 4.79 Å². The van der Waals surface area contributed by atoms with Crippen molar-refractivity contribution in [2.75, 3.05) is 19.6 Å². The maximum absolute atomic E-state index is 13.3. The molecule has 8 nitrogen and oxygen atoms in total. The molecule has 2 N–H and O–H groups in total. The van der Waals surface area contributed by atoms with E-state index in [2.05, 4.69) is 22.2 Å². The molecule has 4 rings (SSSR count). The van der Waals surface area contributed by atoms with Crippen LogP contribution in [0, 0.1) is 0 Å². The number of carbonyl (C=O) groups is 3. The zero-order valence-electron chi connectivity index (χ0n) is 18.0. The molecule has 0 unspecified atom stereocenters. The number of nitrogens with zero attached hydrogens (tertiary/aromatic N) is 3. The Labute approximate surface area is 196 Å². The number of halogens is 1. The van der Waals surface area contributed by atoms with E-state index in [9.17, 15) is 14.4 Å². The van der Waals surface area contributed by atoms with Crippen molar-refractivity contribution in [2.45, 2.75) is 19.0 Å². The second kappa shape index (κ2) is 9.87. The number of urea groups is 1. The molecule has 9 heteroatoms. The molecule has 1 aromatic carbocycles. The number of benzene rings is 1. The van der Waals surface area contributed by atoms with Gasteiger partial charge in [-0.1, -0.05) is 35.9 Å². The van der Waals surface area contributed by atoms with Gasteiger partial charge in [0.2, 0.25) is 5.91 Å². The number of aromatic nitrogens is 1. The maximum Gasteiger partial charge on any atom is 0.322 e. The standard InChI is InChI=1S/C24H24ClN5O3/c1-2-12-30-19-15-29(13-10-20(31)27-14-18-5-3-4-11-26-18)23(32)21(19)22(28-24(30)33)16-6-8-17(25)9-7-16/h2-9,11,22H,1,10,12-15H2,(H,27,31)(H,28,33)/t22-/m0/s1. The molecule has 1 aromatic heterocycles. The zero-order chi connectivity index (χ0) is 23.4. The second-order valence-corrected chi connectivity index (χ2v) is 8.20. The fraction of sp³-hybridized carbons (Fsp3) is 0.250. The number of amides is 4. The number of carbonyl (C=O) groups excluding carboxylic acids is 3. The smallest absolute Gasteiger partial charge is 0.322 e. The highest BCUT2D eigenvalue weighted by Crippen LogP contribution is 2.36. The summed E-state index contributed by atoms with van der Waals surface area (Å²) < 4.78 is 0. The van der Waals surface area contributed by atoms with Crippen LogP contribution in [0.2, 0.25) is 5.02 Å². The Bertz CT molecular complexity index is 1100. The van der Waals surface area contributed by atoms with E-state index in [-0.39, 0.29) is 43.9 Å². The molecular formula is C24H24ClN5O3. The maximum atomic E-state index is 13.3. The lowest BCUT2D eigenvalue weighted by molar-refractivity contribution is -0.127. The van der Waals surface area contributed by atoms with Crippen LogP contribution in [0.25, 0.3) is 0 Å². The molecule has 33 heavy (non-hydrogen) atoms. The SMILES string of the molecule is C=CCN1C(=O)N[C@@H](c2ccc(Cl)cc2)C2=C1CN(CCC(=O)NCc1ccccn1)C2=O. The van der Waals surface area contributed by atoms with Crippen molar-refractivity contribution in [2.24, 2.45) is 0 Å². The molecule has 4 amide bonds. The molecule has 0 bridgehead atoms. The van der Waals surface area contributed by atoms with Gasteiger partial charge in [-0.2, -0.15) is 0 Å². The minimum Gasteiger partial charge on any atom is -0.350 e. The van der Waals surface area contributed by atoms with Crippen molar-refractivity contribution >= 4 is 29.4 Å². The van der Waals surface area contributed by atoms with Crippen LogP contribution in [0.3, 0.4) is 0 Å². The molecule has 170 valence electrons. The highest BCUT2D eigenvalue weighted by molar-refractivity contribution is 6.30. The first-order chi connectivity index (χ1) is 16.0. The monoisotopic (exact) mass is 465 g/mol. The van der Waals surface area contributed by atoms with E-state index in [1.54, 1.807) is 41.4 Å². The number of rotatable bonds is 8. The molecule has 2 aliphatic rings. The summed E-state index contributed by atoms with van der Waals surface area (Å²) >= 11 is 6.01. The van der Waals surface area contributed by atoms with Crippen molar-refractivity contribution in [3.63, 3.8) is 0 Å². The Balaban J connectivity index is 1.47. The largest absolute Gasteiger partial charge is 0.350 e. The van der Waals surface area contributed by atoms with Crippen molar-refractivity contribution in [1.29, 1.82) is 0 Å². The van der Waals surface area contributed by atoms with Gasteiger partial charge in [-0.3, -0.25) is 19.5 Å². The molecule has 3 heterocycles. The van der Waals surface area contributed by atoms with Crippen LogP contribution in [0.5, 0.6) is 0 Å². The van der Waals surface area contributed by atoms with Crippen LogP contribution in [-0.2, 0) is 16.1 Å². The summed E-state index contributed by atoms with van der Waals surface area (Å²) in [6, 6.07) is 11.7. The fourth-order valence-electron chi connectivity index (χ4n) is 3.97. The zero-order valence-corrected chi connectivity index (χ0v) is 18.7. The van der Waals surface area contributed by atoms with Gasteiger partial charge in [0.15, 0.2) is 0 Å². The number of hydrogen-bond donors (Lipinski definition) is 2. The second-order valence-electron chi connectivity index (χ2n) is 7.77. The van der Waals surface area contributed by atoms with E-state index < -0.39 is 6.04 Å². The van der Waals surface area contributed by atoms with Gasteiger partial charge >= 0.3 is 6.03 Å². The third-order valence-electron chi connectivity index (χ3n) is 5.61. The van der Waals surface area contributed by atoms with E-state index in [0.717, 1.165) is 11.3 Å². The Morgan fingerprint density at radius 3 is 2.73 bits per heavy atom. The third-order valence-corrected chi connectivity index (χ3v) is 5.87. The Kier molecular flexibility index (Phi) is 6.74. The molecule has 2 aliphatic heterocycles. The molecule has 1 atom stereocenters. The molecule has 2 aromatic rings. The van der Waals surface area contributed by atoms with Gasteiger partial charge in [0.1, 0.15) is 0 Å². The molecule has 0 aliphatic carbocycles. The Hall–Kier alpha value is -3.65. The lowest BCUT2D eigenvalue weighted by Gasteiger charge is -2.33. The minimum atomic E-state index is -0.582. The molecule has 0 radical (unpaired) electrons. The van der Waals surface area contributed by atoms with E-state index in [1.165, 1.54) is 4.90 Å². The fourth-order valence-corrected chi connectivity index (χ4v) is 4.10. The molecule has 0 spiro atoms. The van der Waals surface area contributed by atoms with Crippen molar-refractivity contribution < 1.29 is 14.4 Å². The first kappa shape index (κ1) is 22.5. The summed E-state index contributed by atoms with van der Waals surface area (Å²) in [5.41, 5.74) is 2.67. The van der Waals surface area contributed by atoms with Crippen molar-refractivity contribution in [1.82, 2.24) is 25.4 Å². The molecule has 0 fully saturated rings. The highest BCUT2D eigenvalue weighted by atomic mass is 35.5. The highest BCUT2D eigenvalue weighted by Gasteiger charge is 2.43. The summed E-state index contributed by atoms with van der Waals surface area (Å²) in [6.45, 7) is 4.82. The van der Waals surface area contributed by atoms with E-state index in [0.29, 0.717) is 22.8 Å².